The molecule has 4 aliphatic rings. The maximum atomic E-state index is 14.5. The molecule has 3 saturated heterocycles. The summed E-state index contributed by atoms with van der Waals surface area (Å²) in [7, 11) is 6.52. The first-order valence-electron chi connectivity index (χ1n) is 26.8. The highest BCUT2D eigenvalue weighted by atomic mass is 16.8. The number of likely N-dealkylation sites (N-methyl/N-ethyl adjacent to an activating group) is 1. The van der Waals surface area contributed by atoms with Crippen molar-refractivity contribution in [3.05, 3.63) is 23.8 Å². The molecular weight excluding hydrogens is 993 g/mol. The van der Waals surface area contributed by atoms with Crippen molar-refractivity contribution in [2.45, 2.75) is 186 Å². The second kappa shape index (κ2) is 26.4. The van der Waals surface area contributed by atoms with Gasteiger partial charge >= 0.3 is 17.9 Å². The number of anilines is 2. The van der Waals surface area contributed by atoms with Gasteiger partial charge in [0.15, 0.2) is 30.8 Å². The first kappa shape index (κ1) is 62.9. The standard InChI is InChI=1S/C54H88N4O18/c1-15-38-54(10,68)46(63)29(4)42(60)28(3)25-52(8,67)47(76-51-44(62)37(57(11)12)24-40(69-13)75-51)30(5)45(31(6)50(66)72-38)74-41-26-53(9,70-14)48(32(7)71-41)73-39(59)19-20-55-21-22-56-33-17-18-34-36(23-33)58(16-2)27-35(43(34)61)49(64)65/h17-18,23,28-32,35,37-38,40-41,44-48,51,55-56,62-63,67-68H,15-16,19-22,24-27H2,1-14H3,(H,64,65)/t28-,29+,30+,31-,32+,35?,37+,38-,40+,41?,44-,45+,46+,47-,48+,51?,52-,53-,54-/m1/s1. The molecule has 0 saturated carbocycles. The van der Waals surface area contributed by atoms with Crippen molar-refractivity contribution in [3.63, 3.8) is 0 Å². The normalized spacial score (nSPS) is 39.0. The van der Waals surface area contributed by atoms with Crippen LogP contribution in [0.5, 0.6) is 0 Å². The number of nitrogens with one attached hydrogen (secondary N) is 2. The summed E-state index contributed by atoms with van der Waals surface area (Å²) in [4.78, 5) is 70.2. The summed E-state index contributed by atoms with van der Waals surface area (Å²) in [5, 5.41) is 63.8. The Hall–Kier alpha value is -3.91. The Morgan fingerprint density at radius 3 is 2.18 bits per heavy atom. The first-order chi connectivity index (χ1) is 35.6. The number of cyclic esters (lactones) is 1. The van der Waals surface area contributed by atoms with Crippen LogP contribution in [0.25, 0.3) is 0 Å². The largest absolute Gasteiger partial charge is 0.481 e. The van der Waals surface area contributed by atoms with E-state index in [-0.39, 0.29) is 38.8 Å². The molecule has 22 nitrogen and oxygen atoms in total. The number of carboxylic acids is 1. The van der Waals surface area contributed by atoms with Crippen molar-refractivity contribution in [1.29, 1.82) is 0 Å². The van der Waals surface area contributed by atoms with Gasteiger partial charge < -0.3 is 83.9 Å². The van der Waals surface area contributed by atoms with Crippen molar-refractivity contribution in [1.82, 2.24) is 10.2 Å². The number of carboxylic acid groups (broad SMARTS) is 1. The van der Waals surface area contributed by atoms with E-state index in [2.05, 4.69) is 10.6 Å². The molecule has 7 N–H and O–H groups in total. The zero-order valence-electron chi connectivity index (χ0n) is 47.0. The molecule has 1 aromatic rings. The third-order valence-corrected chi connectivity index (χ3v) is 16.2. The van der Waals surface area contributed by atoms with E-state index in [1.54, 1.807) is 67.8 Å². The highest BCUT2D eigenvalue weighted by molar-refractivity contribution is 6.13. The van der Waals surface area contributed by atoms with Gasteiger partial charge in [0.25, 0.3) is 0 Å². The smallest absolute Gasteiger partial charge is 0.316 e. The molecule has 4 heterocycles. The molecule has 19 atom stereocenters. The highest BCUT2D eigenvalue weighted by Gasteiger charge is 2.55. The summed E-state index contributed by atoms with van der Waals surface area (Å²) in [6, 6.07) is 4.71. The number of rotatable bonds is 18. The van der Waals surface area contributed by atoms with E-state index in [1.165, 1.54) is 35.0 Å². The molecule has 76 heavy (non-hydrogen) atoms. The number of methoxy groups -OCH3 is 2. The van der Waals surface area contributed by atoms with Gasteiger partial charge in [0.05, 0.1) is 42.4 Å². The minimum atomic E-state index is -2.07. The number of carbonyl (C=O) groups is 5. The number of nitrogens with zero attached hydrogens (tertiary/aromatic N) is 2. The number of carbonyl (C=O) groups excluding carboxylic acids is 4. The lowest BCUT2D eigenvalue weighted by Gasteiger charge is -2.49. The quantitative estimate of drug-likeness (QED) is 0.0632. The SMILES string of the molecule is CC[C@H]1OC(=O)[C@H](C)[C@@H](OC2C[C@@](C)(OC)[C@@H](OC(=O)CCNCCNc3ccc4c(c3)N(CC)CC(C(=O)O)C4=O)[C@H](C)O2)[C@H](C)[C@@H](OC2O[C@H](OC)C[C@H](N(C)C)[C@H]2O)[C@](C)(O)C[C@@H](C)C(=O)[C@H](C)[C@H](O)[C@]1(C)O. The van der Waals surface area contributed by atoms with Crippen LogP contribution in [0.1, 0.15) is 112 Å². The minimum absolute atomic E-state index is 0.00620. The number of hydrogen-bond acceptors (Lipinski definition) is 21. The van der Waals surface area contributed by atoms with E-state index in [4.69, 9.17) is 37.9 Å². The van der Waals surface area contributed by atoms with E-state index in [9.17, 15) is 49.5 Å². The Balaban J connectivity index is 1.33. The molecule has 0 aliphatic carbocycles. The van der Waals surface area contributed by atoms with Crippen LogP contribution < -0.4 is 15.5 Å². The predicted molar refractivity (Wildman–Crippen MR) is 277 cm³/mol. The Morgan fingerprint density at radius 1 is 0.895 bits per heavy atom. The summed E-state index contributed by atoms with van der Waals surface area (Å²) in [5.74, 6) is -8.67. The van der Waals surface area contributed by atoms with Crippen LogP contribution in [0.3, 0.4) is 0 Å². The van der Waals surface area contributed by atoms with Crippen molar-refractivity contribution >= 4 is 40.8 Å². The Bertz CT molecular complexity index is 2150. The summed E-state index contributed by atoms with van der Waals surface area (Å²) >= 11 is 0. The number of hydrogen-bond donors (Lipinski definition) is 7. The molecule has 0 bridgehead atoms. The summed E-state index contributed by atoms with van der Waals surface area (Å²) < 4.78 is 49.8. The van der Waals surface area contributed by atoms with E-state index >= 15 is 0 Å². The van der Waals surface area contributed by atoms with Crippen LogP contribution in [-0.2, 0) is 57.1 Å². The number of aliphatic hydroxyl groups is 4. The van der Waals surface area contributed by atoms with Gasteiger partial charge in [0.2, 0.25) is 0 Å². The second-order valence-electron chi connectivity index (χ2n) is 22.2. The lowest BCUT2D eigenvalue weighted by atomic mass is 9.74. The number of aliphatic hydroxyl groups excluding tert-OH is 2. The fraction of sp³-hybridized carbons (Fsp3) is 0.796. The van der Waals surface area contributed by atoms with Gasteiger partial charge in [-0.25, -0.2) is 0 Å². The first-order valence-corrected chi connectivity index (χ1v) is 26.8. The average molecular weight is 1080 g/mol. The van der Waals surface area contributed by atoms with Gasteiger partial charge in [-0.3, -0.25) is 24.0 Å². The number of fused-ring (bicyclic) bond motifs is 1. The van der Waals surface area contributed by atoms with Crippen molar-refractivity contribution in [3.8, 4) is 0 Å². The molecule has 3 unspecified atom stereocenters. The zero-order chi connectivity index (χ0) is 56.8. The van der Waals surface area contributed by atoms with Crippen LogP contribution in [0.15, 0.2) is 18.2 Å². The number of benzene rings is 1. The van der Waals surface area contributed by atoms with E-state index in [0.29, 0.717) is 37.3 Å². The van der Waals surface area contributed by atoms with Crippen molar-refractivity contribution in [2.24, 2.45) is 29.6 Å². The van der Waals surface area contributed by atoms with E-state index < -0.39 is 144 Å². The lowest BCUT2D eigenvalue weighted by molar-refractivity contribution is -0.340. The van der Waals surface area contributed by atoms with E-state index in [1.807, 2.05) is 22.8 Å². The van der Waals surface area contributed by atoms with Gasteiger partial charge in [0.1, 0.15) is 35.1 Å². The Labute approximate surface area is 447 Å². The van der Waals surface area contributed by atoms with Gasteiger partial charge in [-0.15, -0.1) is 0 Å². The van der Waals surface area contributed by atoms with E-state index in [0.717, 1.165) is 5.69 Å². The topological polar surface area (TPSA) is 291 Å². The number of ketones is 2. The maximum absolute atomic E-state index is 14.5. The predicted octanol–water partition coefficient (Wildman–Crippen LogP) is 2.74. The van der Waals surface area contributed by atoms with Gasteiger partial charge in [-0.2, -0.15) is 0 Å². The molecule has 5 rings (SSSR count). The van der Waals surface area contributed by atoms with Gasteiger partial charge in [-0.1, -0.05) is 27.7 Å². The summed E-state index contributed by atoms with van der Waals surface area (Å²) in [6.07, 6.45) is -11.6. The molecule has 432 valence electrons. The van der Waals surface area contributed by atoms with Gasteiger partial charge in [0, 0.05) is 101 Å². The molecule has 0 spiro atoms. The average Bonchev–Trinajstić information content (AvgIpc) is 3.37. The fourth-order valence-electron chi connectivity index (χ4n) is 11.5. The van der Waals surface area contributed by atoms with Crippen LogP contribution in [0.4, 0.5) is 11.4 Å². The van der Waals surface area contributed by atoms with Crippen LogP contribution in [0, 0.1) is 29.6 Å². The second-order valence-corrected chi connectivity index (χ2v) is 22.2. The molecule has 22 heteroatoms. The Morgan fingerprint density at radius 2 is 1.58 bits per heavy atom. The number of Topliss-reactive ketones (excluding diaryl/α,β-unsaturated/α-hetero) is 2. The maximum Gasteiger partial charge on any atom is 0.316 e. The molecule has 0 aromatic heterocycles. The highest BCUT2D eigenvalue weighted by Crippen LogP contribution is 2.42. The molecular formula is C54H88N4O18. The van der Waals surface area contributed by atoms with Gasteiger partial charge in [-0.05, 0) is 86.7 Å². The van der Waals surface area contributed by atoms with Crippen LogP contribution >= 0.6 is 0 Å². The molecule has 1 aromatic carbocycles. The zero-order valence-corrected chi connectivity index (χ0v) is 47.0. The number of ether oxygens (including phenoxy) is 8. The van der Waals surface area contributed by atoms with Crippen molar-refractivity contribution < 1.29 is 87.4 Å². The Kier molecular flexibility index (Phi) is 21.8. The molecule has 0 radical (unpaired) electrons. The van der Waals surface area contributed by atoms with Crippen LogP contribution in [0.2, 0.25) is 0 Å². The minimum Gasteiger partial charge on any atom is -0.481 e. The molecule has 0 amide bonds. The number of aliphatic carboxylic acids is 1. The lowest BCUT2D eigenvalue weighted by Crippen LogP contribution is -2.61. The fourth-order valence-corrected chi connectivity index (χ4v) is 11.5. The third-order valence-electron chi connectivity index (χ3n) is 16.2. The number of esters is 2. The summed E-state index contributed by atoms with van der Waals surface area (Å²) in [6.45, 7) is 18.1. The molecule has 3 fully saturated rings. The molecule has 4 aliphatic heterocycles. The third kappa shape index (κ3) is 14.3. The van der Waals surface area contributed by atoms with Crippen LogP contribution in [-0.4, -0.2) is 205 Å². The summed E-state index contributed by atoms with van der Waals surface area (Å²) in [5.41, 5.74) is -3.38. The monoisotopic (exact) mass is 1080 g/mol. The van der Waals surface area contributed by atoms with Crippen molar-refractivity contribution in [2.75, 3.05) is 71.3 Å².